The van der Waals surface area contributed by atoms with Crippen molar-refractivity contribution >= 4 is 11.8 Å². The first kappa shape index (κ1) is 17.2. The monoisotopic (exact) mass is 344 g/mol. The summed E-state index contributed by atoms with van der Waals surface area (Å²) in [6.07, 6.45) is 8.94. The summed E-state index contributed by atoms with van der Waals surface area (Å²) in [6.45, 7) is 3.68. The molecule has 1 saturated heterocycles. The minimum atomic E-state index is -0.184. The lowest BCUT2D eigenvalue weighted by Gasteiger charge is -2.26. The van der Waals surface area contributed by atoms with E-state index in [2.05, 4.69) is 30.8 Å². The molecule has 1 fully saturated rings. The second-order valence-corrected chi connectivity index (χ2v) is 5.93. The van der Waals surface area contributed by atoms with Crippen LogP contribution in [0.15, 0.2) is 41.4 Å². The van der Waals surface area contributed by atoms with Gasteiger partial charge in [-0.05, 0) is 38.1 Å². The van der Waals surface area contributed by atoms with Crippen LogP contribution in [0.25, 0.3) is 0 Å². The minimum Gasteiger partial charge on any atom is -0.468 e. The van der Waals surface area contributed by atoms with Gasteiger partial charge in [0.05, 0.1) is 18.5 Å². The Labute approximate surface area is 147 Å². The number of nitrogens with one attached hydrogen (secondary N) is 3. The Hall–Kier alpha value is -2.61. The van der Waals surface area contributed by atoms with Crippen molar-refractivity contribution in [3.8, 4) is 0 Å². The van der Waals surface area contributed by atoms with Crippen LogP contribution in [0.4, 0.5) is 10.6 Å². The molecule has 0 unspecified atom stereocenters. The summed E-state index contributed by atoms with van der Waals surface area (Å²) < 4.78 is 5.55. The average molecular weight is 344 g/mol. The maximum atomic E-state index is 12.0. The van der Waals surface area contributed by atoms with Gasteiger partial charge in [-0.25, -0.2) is 9.78 Å². The van der Waals surface area contributed by atoms with Crippen LogP contribution in [0.5, 0.6) is 0 Å². The molecular weight excluding hydrogens is 320 g/mol. The highest BCUT2D eigenvalue weighted by Gasteiger charge is 2.25. The summed E-state index contributed by atoms with van der Waals surface area (Å²) in [5.41, 5.74) is 0. The number of carbonyl (C=O) groups is 1. The minimum absolute atomic E-state index is 0.0842. The molecule has 1 aliphatic heterocycles. The summed E-state index contributed by atoms with van der Waals surface area (Å²) in [4.78, 5) is 22.5. The predicted molar refractivity (Wildman–Crippen MR) is 94.2 cm³/mol. The molecule has 0 bridgehead atoms. The third-order valence-electron chi connectivity index (χ3n) is 4.19. The van der Waals surface area contributed by atoms with Gasteiger partial charge in [-0.2, -0.15) is 0 Å². The normalized spacial score (nSPS) is 15.7. The summed E-state index contributed by atoms with van der Waals surface area (Å²) >= 11 is 0. The molecule has 0 spiro atoms. The van der Waals surface area contributed by atoms with Crippen LogP contribution in [0.3, 0.4) is 0 Å². The van der Waals surface area contributed by atoms with E-state index in [1.807, 2.05) is 12.1 Å². The van der Waals surface area contributed by atoms with Crippen molar-refractivity contribution in [1.29, 1.82) is 0 Å². The van der Waals surface area contributed by atoms with Gasteiger partial charge >= 0.3 is 6.03 Å². The van der Waals surface area contributed by atoms with Gasteiger partial charge in [0.25, 0.3) is 0 Å². The second kappa shape index (κ2) is 9.03. The van der Waals surface area contributed by atoms with Crippen LogP contribution >= 0.6 is 0 Å². The molecule has 0 saturated carbocycles. The van der Waals surface area contributed by atoms with E-state index >= 15 is 0 Å². The van der Waals surface area contributed by atoms with E-state index in [4.69, 9.17) is 4.42 Å². The van der Waals surface area contributed by atoms with E-state index in [1.54, 1.807) is 24.9 Å². The Morgan fingerprint density at radius 2 is 2.12 bits per heavy atom. The molecule has 8 nitrogen and oxygen atoms in total. The van der Waals surface area contributed by atoms with Crippen molar-refractivity contribution in [3.05, 3.63) is 42.7 Å². The van der Waals surface area contributed by atoms with Crippen LogP contribution in [0.2, 0.25) is 0 Å². The van der Waals surface area contributed by atoms with E-state index in [0.29, 0.717) is 25.5 Å². The van der Waals surface area contributed by atoms with Crippen molar-refractivity contribution < 1.29 is 9.21 Å². The molecular formula is C17H24N6O2. The van der Waals surface area contributed by atoms with E-state index in [1.165, 1.54) is 12.8 Å². The molecule has 134 valence electrons. The van der Waals surface area contributed by atoms with Gasteiger partial charge in [0, 0.05) is 32.0 Å². The van der Waals surface area contributed by atoms with Crippen LogP contribution < -0.4 is 16.0 Å². The molecule has 0 aliphatic carbocycles. The van der Waals surface area contributed by atoms with E-state index < -0.39 is 0 Å². The van der Waals surface area contributed by atoms with Crippen LogP contribution in [-0.2, 0) is 0 Å². The fourth-order valence-electron chi connectivity index (χ4n) is 2.95. The molecule has 25 heavy (non-hydrogen) atoms. The van der Waals surface area contributed by atoms with Crippen molar-refractivity contribution in [2.75, 3.05) is 38.0 Å². The summed E-state index contributed by atoms with van der Waals surface area (Å²) in [6, 6.07) is 3.75. The van der Waals surface area contributed by atoms with Gasteiger partial charge in [-0.15, -0.1) is 0 Å². The van der Waals surface area contributed by atoms with Gasteiger partial charge in [0.15, 0.2) is 0 Å². The molecule has 3 N–H and O–H groups in total. The number of anilines is 1. The molecule has 1 atom stereocenters. The van der Waals surface area contributed by atoms with Gasteiger partial charge in [0.2, 0.25) is 0 Å². The van der Waals surface area contributed by atoms with Crippen molar-refractivity contribution in [2.45, 2.75) is 18.9 Å². The number of furan rings is 1. The molecule has 2 aromatic rings. The predicted octanol–water partition coefficient (Wildman–Crippen LogP) is 1.62. The largest absolute Gasteiger partial charge is 0.468 e. The Bertz CT molecular complexity index is 628. The number of carbonyl (C=O) groups excluding carboxylic acids is 1. The number of urea groups is 1. The Kier molecular flexibility index (Phi) is 6.22. The first-order chi connectivity index (χ1) is 12.3. The SMILES string of the molecule is O=C(NCCNc1cnccn1)NC[C@H](c1ccco1)N1CCCC1. The number of nitrogens with zero attached hydrogens (tertiary/aromatic N) is 3. The van der Waals surface area contributed by atoms with Crippen LogP contribution in [0, 0.1) is 0 Å². The lowest BCUT2D eigenvalue weighted by atomic mass is 10.2. The van der Waals surface area contributed by atoms with Crippen molar-refractivity contribution in [2.24, 2.45) is 0 Å². The third kappa shape index (κ3) is 5.18. The van der Waals surface area contributed by atoms with E-state index in [9.17, 15) is 4.79 Å². The zero-order chi connectivity index (χ0) is 17.3. The number of likely N-dealkylation sites (tertiary alicyclic amines) is 1. The smallest absolute Gasteiger partial charge is 0.314 e. The number of hydrogen-bond donors (Lipinski definition) is 3. The third-order valence-corrected chi connectivity index (χ3v) is 4.19. The van der Waals surface area contributed by atoms with Crippen molar-refractivity contribution in [3.63, 3.8) is 0 Å². The van der Waals surface area contributed by atoms with E-state index in [0.717, 1.165) is 18.8 Å². The topological polar surface area (TPSA) is 95.3 Å². The molecule has 2 aromatic heterocycles. The van der Waals surface area contributed by atoms with E-state index in [-0.39, 0.29) is 12.1 Å². The van der Waals surface area contributed by atoms with Crippen LogP contribution in [0.1, 0.15) is 24.6 Å². The summed E-state index contributed by atoms with van der Waals surface area (Å²) in [5, 5.41) is 8.87. The lowest BCUT2D eigenvalue weighted by Crippen LogP contribution is -2.42. The first-order valence-electron chi connectivity index (χ1n) is 8.62. The summed E-state index contributed by atoms with van der Waals surface area (Å²) in [7, 11) is 0. The standard InChI is InChI=1S/C17H24N6O2/c24-17(21-8-7-20-16-13-18-5-6-19-16)22-12-14(15-4-3-11-25-15)23-9-1-2-10-23/h3-6,11,13-14H,1-2,7-10,12H2,(H,19,20)(H2,21,22,24)/t14-/m1/s1. The van der Waals surface area contributed by atoms with Gasteiger partial charge < -0.3 is 20.4 Å². The Balaban J connectivity index is 1.39. The zero-order valence-electron chi connectivity index (χ0n) is 14.1. The fourth-order valence-corrected chi connectivity index (χ4v) is 2.95. The number of aromatic nitrogens is 2. The maximum absolute atomic E-state index is 12.0. The molecule has 0 aromatic carbocycles. The average Bonchev–Trinajstić information content (AvgIpc) is 3.34. The first-order valence-corrected chi connectivity index (χ1v) is 8.62. The Morgan fingerprint density at radius 1 is 1.24 bits per heavy atom. The zero-order valence-corrected chi connectivity index (χ0v) is 14.1. The Morgan fingerprint density at radius 3 is 2.84 bits per heavy atom. The van der Waals surface area contributed by atoms with Gasteiger partial charge in [-0.3, -0.25) is 9.88 Å². The quantitative estimate of drug-likeness (QED) is 0.630. The molecule has 2 amide bonds. The number of rotatable bonds is 8. The summed E-state index contributed by atoms with van der Waals surface area (Å²) in [5.74, 6) is 1.59. The molecule has 0 radical (unpaired) electrons. The van der Waals surface area contributed by atoms with Crippen LogP contribution in [-0.4, -0.2) is 53.6 Å². The highest BCUT2D eigenvalue weighted by atomic mass is 16.3. The number of amides is 2. The van der Waals surface area contributed by atoms with Gasteiger partial charge in [0.1, 0.15) is 11.6 Å². The van der Waals surface area contributed by atoms with Crippen molar-refractivity contribution in [1.82, 2.24) is 25.5 Å². The highest BCUT2D eigenvalue weighted by Crippen LogP contribution is 2.24. The fraction of sp³-hybridized carbons (Fsp3) is 0.471. The second-order valence-electron chi connectivity index (χ2n) is 5.93. The number of hydrogen-bond acceptors (Lipinski definition) is 6. The maximum Gasteiger partial charge on any atom is 0.314 e. The lowest BCUT2D eigenvalue weighted by molar-refractivity contribution is 0.203. The molecule has 3 rings (SSSR count). The highest BCUT2D eigenvalue weighted by molar-refractivity contribution is 5.73. The van der Waals surface area contributed by atoms with Gasteiger partial charge in [-0.1, -0.05) is 0 Å². The molecule has 3 heterocycles. The molecule has 8 heteroatoms. The molecule has 1 aliphatic rings.